The minimum absolute atomic E-state index is 0.579. The number of halogens is 1. The second-order valence-corrected chi connectivity index (χ2v) is 11.4. The molecule has 1 aliphatic carbocycles. The van der Waals surface area contributed by atoms with E-state index in [0.29, 0.717) is 6.04 Å². The van der Waals surface area contributed by atoms with E-state index in [0.717, 1.165) is 63.2 Å². The van der Waals surface area contributed by atoms with Gasteiger partial charge < -0.3 is 4.90 Å². The lowest BCUT2D eigenvalue weighted by Gasteiger charge is -2.34. The van der Waals surface area contributed by atoms with Crippen molar-refractivity contribution in [1.82, 2.24) is 24.1 Å². The van der Waals surface area contributed by atoms with Crippen LogP contribution in [0.3, 0.4) is 0 Å². The third-order valence-electron chi connectivity index (χ3n) is 6.21. The Labute approximate surface area is 190 Å². The molecule has 29 heavy (non-hydrogen) atoms. The highest BCUT2D eigenvalue weighted by Gasteiger charge is 2.31. The zero-order valence-corrected chi connectivity index (χ0v) is 20.0. The molecule has 9 heteroatoms. The van der Waals surface area contributed by atoms with E-state index >= 15 is 0 Å². The number of anilines is 1. The van der Waals surface area contributed by atoms with Crippen molar-refractivity contribution in [3.8, 4) is 0 Å². The van der Waals surface area contributed by atoms with Crippen molar-refractivity contribution >= 4 is 45.4 Å². The van der Waals surface area contributed by atoms with Gasteiger partial charge in [0.15, 0.2) is 0 Å². The summed E-state index contributed by atoms with van der Waals surface area (Å²) in [6.07, 6.45) is 6.38. The monoisotopic (exact) mass is 496 g/mol. The van der Waals surface area contributed by atoms with Gasteiger partial charge in [0.25, 0.3) is 0 Å². The van der Waals surface area contributed by atoms with E-state index in [2.05, 4.69) is 52.0 Å². The number of hydrogen-bond acceptors (Lipinski definition) is 6. The molecule has 2 aromatic heterocycles. The summed E-state index contributed by atoms with van der Waals surface area (Å²) in [5.74, 6) is 1.12. The van der Waals surface area contributed by atoms with Crippen LogP contribution >= 0.6 is 39.5 Å². The summed E-state index contributed by atoms with van der Waals surface area (Å²) in [6, 6.07) is 4.96. The lowest BCUT2D eigenvalue weighted by molar-refractivity contribution is 0.0986. The van der Waals surface area contributed by atoms with Gasteiger partial charge in [-0.1, -0.05) is 0 Å². The van der Waals surface area contributed by atoms with Gasteiger partial charge in [0.2, 0.25) is 10.7 Å². The molecule has 0 amide bonds. The van der Waals surface area contributed by atoms with E-state index in [1.54, 1.807) is 0 Å². The predicted octanol–water partition coefficient (Wildman–Crippen LogP) is 4.34. The number of nitrogens with zero attached hydrogens (tertiary/aromatic N) is 6. The van der Waals surface area contributed by atoms with Crippen molar-refractivity contribution in [2.24, 2.45) is 0 Å². The molecule has 0 aromatic carbocycles. The highest BCUT2D eigenvalue weighted by atomic mass is 79.9. The van der Waals surface area contributed by atoms with E-state index in [1.165, 1.54) is 40.8 Å². The molecular weight excluding hydrogens is 468 g/mol. The van der Waals surface area contributed by atoms with Crippen molar-refractivity contribution in [2.75, 3.05) is 44.2 Å². The maximum Gasteiger partial charge on any atom is 0.226 e. The molecule has 1 saturated carbocycles. The van der Waals surface area contributed by atoms with Crippen LogP contribution in [0.4, 0.5) is 5.95 Å². The lowest BCUT2D eigenvalue weighted by atomic mass is 10.1. The van der Waals surface area contributed by atoms with Crippen LogP contribution in [0.1, 0.15) is 43.0 Å². The van der Waals surface area contributed by atoms with Gasteiger partial charge in [-0.05, 0) is 72.4 Å². The first-order valence-corrected chi connectivity index (χ1v) is 12.8. The largest absolute Gasteiger partial charge is 0.341 e. The first kappa shape index (κ1) is 20.2. The van der Waals surface area contributed by atoms with Crippen molar-refractivity contribution in [3.05, 3.63) is 25.6 Å². The third kappa shape index (κ3) is 4.63. The van der Waals surface area contributed by atoms with Gasteiger partial charge in [0, 0.05) is 56.7 Å². The molecular formula is C20H29BrN6S2. The van der Waals surface area contributed by atoms with Gasteiger partial charge in [0.1, 0.15) is 0 Å². The molecule has 3 aliphatic rings. The van der Waals surface area contributed by atoms with Crippen LogP contribution in [-0.4, -0.2) is 63.4 Å². The molecule has 6 nitrogen and oxygen atoms in total. The van der Waals surface area contributed by atoms with Crippen molar-refractivity contribution < 1.29 is 0 Å². The Kier molecular flexibility index (Phi) is 6.11. The molecule has 0 atom stereocenters. The number of thiophene rings is 1. The minimum atomic E-state index is 0.579. The number of hydrogen-bond donors (Lipinski definition) is 0. The maximum atomic E-state index is 5.88. The highest BCUT2D eigenvalue weighted by Crippen LogP contribution is 2.38. The van der Waals surface area contributed by atoms with E-state index in [9.17, 15) is 0 Å². The van der Waals surface area contributed by atoms with Crippen LogP contribution in [-0.2, 0) is 13.2 Å². The molecule has 3 fully saturated rings. The fraction of sp³-hybridized carbons (Fsp3) is 0.700. The highest BCUT2D eigenvalue weighted by molar-refractivity contribution is 9.11. The Bertz CT molecular complexity index is 887. The van der Waals surface area contributed by atoms with Gasteiger partial charge in [-0.25, -0.2) is 4.68 Å². The number of aromatic nitrogens is 3. The van der Waals surface area contributed by atoms with Crippen LogP contribution in [0.2, 0.25) is 0 Å². The number of piperidine rings is 1. The van der Waals surface area contributed by atoms with Crippen LogP contribution in [0, 0.1) is 4.77 Å². The fourth-order valence-corrected chi connectivity index (χ4v) is 6.25. The minimum Gasteiger partial charge on any atom is -0.341 e. The standard InChI is InChI=1S/C20H29BrN6S2/c21-18-7-6-17(29-18)14-23-10-12-24(13-11-23)15-26-20(28)27(16-4-5-16)19(22-26)25-8-2-1-3-9-25/h6-7,16H,1-5,8-15H2. The second-order valence-electron chi connectivity index (χ2n) is 8.47. The quantitative estimate of drug-likeness (QED) is 0.555. The molecule has 0 spiro atoms. The fourth-order valence-electron chi connectivity index (χ4n) is 4.40. The SMILES string of the molecule is S=c1n(CN2CCN(Cc3ccc(Br)s3)CC2)nc(N2CCCCC2)n1C1CC1. The number of rotatable bonds is 6. The molecule has 5 rings (SSSR count). The molecule has 158 valence electrons. The smallest absolute Gasteiger partial charge is 0.226 e. The molecule has 0 bridgehead atoms. The van der Waals surface area contributed by atoms with Crippen molar-refractivity contribution in [1.29, 1.82) is 0 Å². The Hall–Kier alpha value is -0.740. The van der Waals surface area contributed by atoms with Gasteiger partial charge in [0.05, 0.1) is 10.5 Å². The second kappa shape index (κ2) is 8.78. The summed E-state index contributed by atoms with van der Waals surface area (Å²) in [5, 5.41) is 5.02. The van der Waals surface area contributed by atoms with Crippen molar-refractivity contribution in [2.45, 2.75) is 51.4 Å². The molecule has 0 unspecified atom stereocenters. The zero-order chi connectivity index (χ0) is 19.8. The molecule has 0 radical (unpaired) electrons. The van der Waals surface area contributed by atoms with Gasteiger partial charge in [-0.2, -0.15) is 0 Å². The summed E-state index contributed by atoms with van der Waals surface area (Å²) < 4.78 is 6.57. The van der Waals surface area contributed by atoms with E-state index in [1.807, 2.05) is 11.3 Å². The summed E-state index contributed by atoms with van der Waals surface area (Å²) >= 11 is 11.3. The Morgan fingerprint density at radius 3 is 2.38 bits per heavy atom. The van der Waals surface area contributed by atoms with Crippen LogP contribution < -0.4 is 4.90 Å². The Morgan fingerprint density at radius 1 is 1.00 bits per heavy atom. The third-order valence-corrected chi connectivity index (χ3v) is 8.23. The van der Waals surface area contributed by atoms with Gasteiger partial charge in [-0.3, -0.25) is 14.4 Å². The topological polar surface area (TPSA) is 32.5 Å². The number of piperazine rings is 1. The molecule has 0 N–H and O–H groups in total. The van der Waals surface area contributed by atoms with Crippen LogP contribution in [0.25, 0.3) is 0 Å². The predicted molar refractivity (Wildman–Crippen MR) is 124 cm³/mol. The zero-order valence-electron chi connectivity index (χ0n) is 16.8. The first-order chi connectivity index (χ1) is 14.2. The van der Waals surface area contributed by atoms with Gasteiger partial charge >= 0.3 is 0 Å². The van der Waals surface area contributed by atoms with Gasteiger partial charge in [-0.15, -0.1) is 16.4 Å². The molecule has 4 heterocycles. The Morgan fingerprint density at radius 2 is 1.72 bits per heavy atom. The van der Waals surface area contributed by atoms with E-state index < -0.39 is 0 Å². The average molecular weight is 498 g/mol. The molecule has 2 aromatic rings. The average Bonchev–Trinajstić information content (AvgIpc) is 3.41. The van der Waals surface area contributed by atoms with E-state index in [-0.39, 0.29) is 0 Å². The van der Waals surface area contributed by atoms with Crippen molar-refractivity contribution in [3.63, 3.8) is 0 Å². The normalized spacial score (nSPS) is 21.8. The maximum absolute atomic E-state index is 5.88. The lowest BCUT2D eigenvalue weighted by Crippen LogP contribution is -2.46. The van der Waals surface area contributed by atoms with E-state index in [4.69, 9.17) is 17.3 Å². The molecule has 2 aliphatic heterocycles. The summed E-state index contributed by atoms with van der Waals surface area (Å²) in [6.45, 7) is 8.46. The summed E-state index contributed by atoms with van der Waals surface area (Å²) in [7, 11) is 0. The molecule has 2 saturated heterocycles. The summed E-state index contributed by atoms with van der Waals surface area (Å²) in [5.41, 5.74) is 0. The summed E-state index contributed by atoms with van der Waals surface area (Å²) in [4.78, 5) is 8.95. The Balaban J connectivity index is 1.23. The van der Waals surface area contributed by atoms with Crippen LogP contribution in [0.15, 0.2) is 15.9 Å². The first-order valence-electron chi connectivity index (χ1n) is 10.8. The van der Waals surface area contributed by atoms with Crippen LogP contribution in [0.5, 0.6) is 0 Å².